The quantitative estimate of drug-likeness (QED) is 0.627. The summed E-state index contributed by atoms with van der Waals surface area (Å²) in [7, 11) is 0. The van der Waals surface area contributed by atoms with Crippen LogP contribution in [-0.4, -0.2) is 4.98 Å². The molecule has 3 aliphatic carbocycles. The van der Waals surface area contributed by atoms with Crippen LogP contribution in [0.2, 0.25) is 10.2 Å². The summed E-state index contributed by atoms with van der Waals surface area (Å²) in [6, 6.07) is 0. The Hall–Kier alpha value is -0.270. The number of rotatable bonds is 0. The maximum atomic E-state index is 6.37. The van der Waals surface area contributed by atoms with Crippen molar-refractivity contribution in [2.45, 2.75) is 39.5 Å². The molecule has 0 amide bonds. The molecule has 0 aliphatic heterocycles. The van der Waals surface area contributed by atoms with Crippen LogP contribution in [0.1, 0.15) is 43.0 Å². The second-order valence-electron chi connectivity index (χ2n) is 5.72. The van der Waals surface area contributed by atoms with Gasteiger partial charge in [-0.25, -0.2) is 4.98 Å². The lowest BCUT2D eigenvalue weighted by atomic mass is 9.48. The molecule has 0 N–H and O–H groups in total. The molecule has 0 saturated heterocycles. The van der Waals surface area contributed by atoms with Crippen LogP contribution in [0, 0.1) is 18.3 Å². The summed E-state index contributed by atoms with van der Waals surface area (Å²) in [6.07, 6.45) is 2.32. The van der Waals surface area contributed by atoms with E-state index in [-0.39, 0.29) is 0 Å². The molecule has 1 aromatic rings. The van der Waals surface area contributed by atoms with Crippen LogP contribution < -0.4 is 0 Å². The number of halogens is 2. The van der Waals surface area contributed by atoms with E-state index in [1.165, 1.54) is 12.0 Å². The van der Waals surface area contributed by atoms with Crippen molar-refractivity contribution in [3.05, 3.63) is 27.0 Å². The zero-order chi connectivity index (χ0) is 11.7. The average molecular weight is 256 g/mol. The molecule has 0 unspecified atom stereocenters. The second-order valence-corrected chi connectivity index (χ2v) is 6.45. The van der Waals surface area contributed by atoms with Gasteiger partial charge in [-0.3, -0.25) is 0 Å². The van der Waals surface area contributed by atoms with Crippen molar-refractivity contribution in [1.82, 2.24) is 4.98 Å². The predicted octanol–water partition coefficient (Wildman–Crippen LogP) is 4.38. The average Bonchev–Trinajstić information content (AvgIpc) is 2.25. The fourth-order valence-corrected chi connectivity index (χ4v) is 3.74. The monoisotopic (exact) mass is 255 g/mol. The lowest BCUT2D eigenvalue weighted by molar-refractivity contribution is 0.0155. The Kier molecular flexibility index (Phi) is 2.13. The van der Waals surface area contributed by atoms with Gasteiger partial charge >= 0.3 is 0 Å². The van der Waals surface area contributed by atoms with E-state index in [4.69, 9.17) is 23.2 Å². The van der Waals surface area contributed by atoms with Crippen molar-refractivity contribution in [1.29, 1.82) is 0 Å². The maximum absolute atomic E-state index is 6.37. The van der Waals surface area contributed by atoms with Crippen LogP contribution in [-0.2, 0) is 6.42 Å². The first-order valence-corrected chi connectivity index (χ1v) is 6.53. The Morgan fingerprint density at radius 3 is 2.62 bits per heavy atom. The van der Waals surface area contributed by atoms with Gasteiger partial charge in [-0.1, -0.05) is 37.0 Å². The predicted molar refractivity (Wildman–Crippen MR) is 67.3 cm³/mol. The normalized spacial score (nSPS) is 29.6. The van der Waals surface area contributed by atoms with Gasteiger partial charge in [0.1, 0.15) is 5.15 Å². The van der Waals surface area contributed by atoms with Crippen molar-refractivity contribution >= 4 is 23.2 Å². The minimum absolute atomic E-state index is 0.377. The Balaban J connectivity index is 2.21. The zero-order valence-electron chi connectivity index (χ0n) is 9.77. The molecule has 1 fully saturated rings. The van der Waals surface area contributed by atoms with Crippen LogP contribution in [0.5, 0.6) is 0 Å². The van der Waals surface area contributed by atoms with Gasteiger partial charge in [0.05, 0.1) is 10.7 Å². The van der Waals surface area contributed by atoms with E-state index in [1.54, 1.807) is 0 Å². The van der Waals surface area contributed by atoms with Gasteiger partial charge in [0.25, 0.3) is 0 Å². The van der Waals surface area contributed by atoms with E-state index in [0.29, 0.717) is 16.5 Å². The Morgan fingerprint density at radius 2 is 2.00 bits per heavy atom. The lowest BCUT2D eigenvalue weighted by Crippen LogP contribution is -2.48. The molecule has 1 nitrogen and oxygen atoms in total. The first-order chi connectivity index (χ1) is 7.43. The van der Waals surface area contributed by atoms with Gasteiger partial charge in [0.15, 0.2) is 0 Å². The lowest BCUT2D eigenvalue weighted by Gasteiger charge is -2.56. The first-order valence-electron chi connectivity index (χ1n) is 5.77. The molecule has 86 valence electrons. The van der Waals surface area contributed by atoms with Gasteiger partial charge in [-0.2, -0.15) is 0 Å². The summed E-state index contributed by atoms with van der Waals surface area (Å²) in [5, 5.41) is 1.42. The molecule has 1 aromatic heterocycles. The van der Waals surface area contributed by atoms with E-state index >= 15 is 0 Å². The van der Waals surface area contributed by atoms with Crippen molar-refractivity contribution in [3.63, 3.8) is 0 Å². The minimum atomic E-state index is 0.377. The van der Waals surface area contributed by atoms with Crippen molar-refractivity contribution in [3.8, 4) is 0 Å². The van der Waals surface area contributed by atoms with Gasteiger partial charge < -0.3 is 0 Å². The van der Waals surface area contributed by atoms with Gasteiger partial charge in [-0.15, -0.1) is 0 Å². The number of nitrogens with zero attached hydrogens (tertiary/aromatic N) is 1. The van der Waals surface area contributed by atoms with Crippen LogP contribution in [0.3, 0.4) is 0 Å². The molecule has 1 heterocycles. The molecule has 16 heavy (non-hydrogen) atoms. The highest BCUT2D eigenvalue weighted by atomic mass is 35.5. The molecule has 0 aromatic carbocycles. The minimum Gasteiger partial charge on any atom is -0.240 e. The largest absolute Gasteiger partial charge is 0.240 e. The topological polar surface area (TPSA) is 12.9 Å². The molecule has 2 atom stereocenters. The Labute approximate surface area is 106 Å². The van der Waals surface area contributed by atoms with Crippen LogP contribution in [0.15, 0.2) is 0 Å². The number of aromatic nitrogens is 1. The molecular weight excluding hydrogens is 241 g/mol. The number of hydrogen-bond acceptors (Lipinski definition) is 1. The highest BCUT2D eigenvalue weighted by Crippen LogP contribution is 2.62. The highest BCUT2D eigenvalue weighted by Gasteiger charge is 2.53. The van der Waals surface area contributed by atoms with Crippen molar-refractivity contribution in [2.24, 2.45) is 11.3 Å². The molecule has 0 radical (unpaired) electrons. The fraction of sp³-hybridized carbons (Fsp3) is 0.615. The number of pyridine rings is 1. The molecule has 4 rings (SSSR count). The maximum Gasteiger partial charge on any atom is 0.133 e. The van der Waals surface area contributed by atoms with E-state index in [9.17, 15) is 0 Å². The SMILES string of the molecule is Cc1c(Cl)nc2c(c1Cl)C[C@H]1C[C@@H]2C1(C)C. The van der Waals surface area contributed by atoms with Crippen molar-refractivity contribution < 1.29 is 0 Å². The van der Waals surface area contributed by atoms with E-state index in [2.05, 4.69) is 18.8 Å². The second kappa shape index (κ2) is 3.14. The fourth-order valence-electron chi connectivity index (χ4n) is 3.24. The third-order valence-electron chi connectivity index (χ3n) is 4.68. The third kappa shape index (κ3) is 1.16. The zero-order valence-corrected chi connectivity index (χ0v) is 11.3. The van der Waals surface area contributed by atoms with Gasteiger partial charge in [0.2, 0.25) is 0 Å². The van der Waals surface area contributed by atoms with Crippen LogP contribution in [0.25, 0.3) is 0 Å². The Morgan fingerprint density at radius 1 is 1.31 bits per heavy atom. The Bertz CT molecular complexity index is 479. The highest BCUT2D eigenvalue weighted by molar-refractivity contribution is 6.35. The van der Waals surface area contributed by atoms with E-state index in [0.717, 1.165) is 28.6 Å². The molecule has 0 spiro atoms. The standard InChI is InChI=1S/C13H15Cl2N/c1-6-10(14)8-4-7-5-9(13(7,2)3)11(8)16-12(6)15/h7,9H,4-5H2,1-3H3/t7-,9-/m0/s1. The third-order valence-corrected chi connectivity index (χ3v) is 5.56. The summed E-state index contributed by atoms with van der Waals surface area (Å²) in [5.41, 5.74) is 3.72. The van der Waals surface area contributed by atoms with E-state index in [1.807, 2.05) is 6.92 Å². The van der Waals surface area contributed by atoms with Crippen LogP contribution in [0.4, 0.5) is 0 Å². The molecule has 3 heteroatoms. The summed E-state index contributed by atoms with van der Waals surface area (Å²) in [4.78, 5) is 4.57. The molecular formula is C13H15Cl2N. The number of hydrogen-bond donors (Lipinski definition) is 0. The van der Waals surface area contributed by atoms with Crippen LogP contribution >= 0.6 is 23.2 Å². The van der Waals surface area contributed by atoms with Gasteiger partial charge in [0, 0.05) is 11.5 Å². The molecule has 3 aliphatic rings. The van der Waals surface area contributed by atoms with Crippen molar-refractivity contribution in [2.75, 3.05) is 0 Å². The molecule has 2 bridgehead atoms. The van der Waals surface area contributed by atoms with Gasteiger partial charge in [-0.05, 0) is 36.7 Å². The first kappa shape index (κ1) is 10.9. The summed E-state index contributed by atoms with van der Waals surface area (Å²) >= 11 is 12.5. The summed E-state index contributed by atoms with van der Waals surface area (Å²) in [6.45, 7) is 6.61. The molecule has 1 saturated carbocycles. The smallest absolute Gasteiger partial charge is 0.133 e. The summed E-state index contributed by atoms with van der Waals surface area (Å²) < 4.78 is 0. The van der Waals surface area contributed by atoms with E-state index < -0.39 is 0 Å². The summed E-state index contributed by atoms with van der Waals surface area (Å²) in [5.74, 6) is 1.32.